The Morgan fingerprint density at radius 2 is 1.97 bits per heavy atom. The summed E-state index contributed by atoms with van der Waals surface area (Å²) in [6.07, 6.45) is -2.30. The summed E-state index contributed by atoms with van der Waals surface area (Å²) in [6, 6.07) is 7.41. The minimum atomic E-state index is -2.93. The molecule has 1 atom stereocenters. The molecule has 1 aromatic heterocycles. The van der Waals surface area contributed by atoms with Crippen LogP contribution in [0.1, 0.15) is 24.3 Å². The van der Waals surface area contributed by atoms with E-state index in [-0.39, 0.29) is 34.3 Å². The number of rotatable bonds is 6. The standard InChI is InChI=1S/C17H10ClF4N3O2.C5H10FN/c18-12-6-11(3-4-13(12)19)25(8-26)7-10-2-1-9(5-14(10)20)16-23-24-17(27-16)15(21)22;1-7-3-2-5(6)4-7/h1-6,8,15H,7H2;5H,2-4H2,1H3. The molecular weight excluding hydrogens is 483 g/mol. The SMILES string of the molecule is CN1CCC(F)C1.O=CN(Cc1ccc(-c2nnc(C(F)F)o2)cc1F)c1ccc(F)c(Cl)c1. The largest absolute Gasteiger partial charge is 0.415 e. The van der Waals surface area contributed by atoms with E-state index in [1.807, 2.05) is 11.9 Å². The third-order valence-corrected chi connectivity index (χ3v) is 5.25. The lowest BCUT2D eigenvalue weighted by atomic mass is 10.1. The Bertz CT molecular complexity index is 1120. The van der Waals surface area contributed by atoms with Gasteiger partial charge in [0.15, 0.2) is 0 Å². The van der Waals surface area contributed by atoms with Crippen LogP contribution < -0.4 is 4.90 Å². The van der Waals surface area contributed by atoms with Crippen molar-refractivity contribution in [1.82, 2.24) is 15.1 Å². The predicted molar refractivity (Wildman–Crippen MR) is 115 cm³/mol. The number of benzene rings is 2. The highest BCUT2D eigenvalue weighted by Crippen LogP contribution is 2.27. The molecule has 34 heavy (non-hydrogen) atoms. The summed E-state index contributed by atoms with van der Waals surface area (Å²) in [5, 5.41) is 6.44. The molecular formula is C22H20ClF5N4O2. The maximum absolute atomic E-state index is 14.4. The van der Waals surface area contributed by atoms with Gasteiger partial charge in [-0.15, -0.1) is 10.2 Å². The van der Waals surface area contributed by atoms with Gasteiger partial charge in [0.05, 0.1) is 11.6 Å². The minimum absolute atomic E-state index is 0.109. The Kier molecular flexibility index (Phi) is 8.56. The Morgan fingerprint density at radius 1 is 1.21 bits per heavy atom. The second kappa shape index (κ2) is 11.4. The lowest BCUT2D eigenvalue weighted by Gasteiger charge is -2.18. The van der Waals surface area contributed by atoms with E-state index >= 15 is 0 Å². The fraction of sp³-hybridized carbons (Fsp3) is 0.318. The topological polar surface area (TPSA) is 62.5 Å². The molecule has 0 spiro atoms. The molecule has 0 aliphatic carbocycles. The first-order valence-electron chi connectivity index (χ1n) is 10.1. The fourth-order valence-corrected chi connectivity index (χ4v) is 3.34. The summed E-state index contributed by atoms with van der Waals surface area (Å²) in [5.74, 6) is -2.49. The van der Waals surface area contributed by atoms with Crippen LogP contribution in [0.4, 0.5) is 27.6 Å². The number of hydrogen-bond acceptors (Lipinski definition) is 5. The van der Waals surface area contributed by atoms with Crippen molar-refractivity contribution in [3.8, 4) is 11.5 Å². The lowest BCUT2D eigenvalue weighted by molar-refractivity contribution is -0.107. The molecule has 2 heterocycles. The van der Waals surface area contributed by atoms with Crippen LogP contribution in [0.25, 0.3) is 11.5 Å². The maximum Gasteiger partial charge on any atom is 0.314 e. The third-order valence-electron chi connectivity index (χ3n) is 4.96. The van der Waals surface area contributed by atoms with Gasteiger partial charge in [-0.1, -0.05) is 17.7 Å². The van der Waals surface area contributed by atoms with Crippen molar-refractivity contribution < 1.29 is 31.2 Å². The zero-order chi connectivity index (χ0) is 24.8. The number of carbonyl (C=O) groups is 1. The van der Waals surface area contributed by atoms with Crippen molar-refractivity contribution in [2.75, 3.05) is 25.0 Å². The number of halogens is 6. The molecule has 4 rings (SSSR count). The van der Waals surface area contributed by atoms with Gasteiger partial charge in [-0.05, 0) is 43.8 Å². The van der Waals surface area contributed by atoms with Gasteiger partial charge in [0.1, 0.15) is 17.8 Å². The van der Waals surface area contributed by atoms with Crippen molar-refractivity contribution in [3.63, 3.8) is 0 Å². The molecule has 6 nitrogen and oxygen atoms in total. The van der Waals surface area contributed by atoms with Crippen LogP contribution in [-0.2, 0) is 11.3 Å². The van der Waals surface area contributed by atoms with Crippen LogP contribution in [0.5, 0.6) is 0 Å². The third kappa shape index (κ3) is 6.51. The van der Waals surface area contributed by atoms with Gasteiger partial charge in [-0.3, -0.25) is 4.79 Å². The highest BCUT2D eigenvalue weighted by molar-refractivity contribution is 6.31. The van der Waals surface area contributed by atoms with E-state index in [9.17, 15) is 26.7 Å². The minimum Gasteiger partial charge on any atom is -0.415 e. The van der Waals surface area contributed by atoms with Gasteiger partial charge in [-0.25, -0.2) is 13.2 Å². The van der Waals surface area contributed by atoms with Crippen molar-refractivity contribution in [3.05, 3.63) is 64.5 Å². The summed E-state index contributed by atoms with van der Waals surface area (Å²) in [5.41, 5.74) is 0.511. The average molecular weight is 503 g/mol. The quantitative estimate of drug-likeness (QED) is 0.332. The van der Waals surface area contributed by atoms with Gasteiger partial charge >= 0.3 is 6.43 Å². The number of anilines is 1. The molecule has 3 aromatic rings. The Morgan fingerprint density at radius 3 is 2.47 bits per heavy atom. The molecule has 1 fully saturated rings. The predicted octanol–water partition coefficient (Wildman–Crippen LogP) is 5.43. The normalized spacial score (nSPS) is 15.8. The van der Waals surface area contributed by atoms with Crippen LogP contribution >= 0.6 is 11.6 Å². The zero-order valence-electron chi connectivity index (χ0n) is 17.9. The molecule has 2 aromatic carbocycles. The number of carbonyl (C=O) groups excluding carboxylic acids is 1. The number of hydrogen-bond donors (Lipinski definition) is 0. The molecule has 182 valence electrons. The van der Waals surface area contributed by atoms with E-state index in [1.165, 1.54) is 24.3 Å². The van der Waals surface area contributed by atoms with Crippen LogP contribution in [0.3, 0.4) is 0 Å². The van der Waals surface area contributed by atoms with Crippen molar-refractivity contribution in [1.29, 1.82) is 0 Å². The molecule has 0 radical (unpaired) electrons. The van der Waals surface area contributed by atoms with Crippen molar-refractivity contribution in [2.45, 2.75) is 25.6 Å². The van der Waals surface area contributed by atoms with E-state index in [2.05, 4.69) is 10.2 Å². The molecule has 1 aliphatic heterocycles. The fourth-order valence-electron chi connectivity index (χ4n) is 3.17. The second-order valence-corrected chi connectivity index (χ2v) is 7.94. The molecule has 0 N–H and O–H groups in total. The smallest absolute Gasteiger partial charge is 0.314 e. The summed E-state index contributed by atoms with van der Waals surface area (Å²) >= 11 is 5.69. The summed E-state index contributed by atoms with van der Waals surface area (Å²) < 4.78 is 69.5. The molecule has 12 heteroatoms. The molecule has 1 aliphatic rings. The van der Waals surface area contributed by atoms with Crippen LogP contribution in [0.15, 0.2) is 40.8 Å². The van der Waals surface area contributed by atoms with Crippen LogP contribution in [-0.4, -0.2) is 47.8 Å². The van der Waals surface area contributed by atoms with E-state index in [1.54, 1.807) is 0 Å². The van der Waals surface area contributed by atoms with E-state index in [0.717, 1.165) is 30.0 Å². The van der Waals surface area contributed by atoms with E-state index in [0.29, 0.717) is 13.0 Å². The monoisotopic (exact) mass is 502 g/mol. The first-order chi connectivity index (χ1) is 16.2. The van der Waals surface area contributed by atoms with Crippen molar-refractivity contribution >= 4 is 23.7 Å². The maximum atomic E-state index is 14.4. The van der Waals surface area contributed by atoms with E-state index < -0.39 is 30.1 Å². The molecule has 1 amide bonds. The second-order valence-electron chi connectivity index (χ2n) is 7.53. The van der Waals surface area contributed by atoms with Crippen molar-refractivity contribution in [2.24, 2.45) is 0 Å². The first kappa shape index (κ1) is 25.6. The first-order valence-corrected chi connectivity index (χ1v) is 10.5. The number of alkyl halides is 3. The highest BCUT2D eigenvalue weighted by Gasteiger charge is 2.19. The number of likely N-dealkylation sites (tertiary alicyclic amines) is 1. The van der Waals surface area contributed by atoms with E-state index in [4.69, 9.17) is 16.0 Å². The summed E-state index contributed by atoms with van der Waals surface area (Å²) in [4.78, 5) is 14.5. The highest BCUT2D eigenvalue weighted by atomic mass is 35.5. The van der Waals surface area contributed by atoms with Gasteiger partial charge < -0.3 is 14.2 Å². The van der Waals surface area contributed by atoms with Gasteiger partial charge in [-0.2, -0.15) is 8.78 Å². The lowest BCUT2D eigenvalue weighted by Crippen LogP contribution is -2.21. The molecule has 1 saturated heterocycles. The zero-order valence-corrected chi connectivity index (χ0v) is 18.7. The number of nitrogens with zero attached hydrogens (tertiary/aromatic N) is 4. The average Bonchev–Trinajstić information content (AvgIpc) is 3.44. The Hall–Kier alpha value is -3.05. The summed E-state index contributed by atoms with van der Waals surface area (Å²) in [6.45, 7) is 1.41. The van der Waals surface area contributed by atoms with Gasteiger partial charge in [0.25, 0.3) is 5.89 Å². The number of amides is 1. The molecule has 0 saturated carbocycles. The molecule has 1 unspecified atom stereocenters. The van der Waals surface area contributed by atoms with Crippen LogP contribution in [0, 0.1) is 11.6 Å². The summed E-state index contributed by atoms with van der Waals surface area (Å²) in [7, 11) is 1.94. The Labute approximate surface area is 196 Å². The van der Waals surface area contributed by atoms with Gasteiger partial charge in [0, 0.05) is 29.9 Å². The molecule has 0 bridgehead atoms. The van der Waals surface area contributed by atoms with Gasteiger partial charge in [0.2, 0.25) is 12.3 Å². The van der Waals surface area contributed by atoms with Crippen LogP contribution in [0.2, 0.25) is 5.02 Å². The number of aromatic nitrogens is 2. The Balaban J connectivity index is 0.000000396.